The zero-order chi connectivity index (χ0) is 24.7. The molecule has 34 heavy (non-hydrogen) atoms. The lowest BCUT2D eigenvalue weighted by Crippen LogP contribution is -2.19. The van der Waals surface area contributed by atoms with Crippen molar-refractivity contribution in [2.75, 3.05) is 15.7 Å². The summed E-state index contributed by atoms with van der Waals surface area (Å²) in [4.78, 5) is 0. The van der Waals surface area contributed by atoms with Crippen LogP contribution in [-0.4, -0.2) is 28.3 Å². The molecule has 4 rings (SSSR count). The SMILES string of the molecule is CS(=O)(=O)Nc1ccc(-c2ccc(Cc3c(NS(=O)(=O)C4CC4)ccc(F)c3F)c(F)c2)cc1. The van der Waals surface area contributed by atoms with E-state index >= 15 is 0 Å². The Labute approximate surface area is 195 Å². The molecule has 11 heteroatoms. The molecule has 1 fully saturated rings. The average Bonchev–Trinajstić information content (AvgIpc) is 3.60. The van der Waals surface area contributed by atoms with Crippen LogP contribution < -0.4 is 9.44 Å². The summed E-state index contributed by atoms with van der Waals surface area (Å²) in [7, 11) is -7.16. The number of rotatable bonds is 8. The van der Waals surface area contributed by atoms with Crippen molar-refractivity contribution in [3.8, 4) is 11.1 Å². The van der Waals surface area contributed by atoms with E-state index in [1.807, 2.05) is 0 Å². The summed E-state index contributed by atoms with van der Waals surface area (Å²) in [5, 5.41) is -0.566. The van der Waals surface area contributed by atoms with Crippen LogP contribution in [0, 0.1) is 17.5 Å². The van der Waals surface area contributed by atoms with Gasteiger partial charge in [0.1, 0.15) is 5.82 Å². The van der Waals surface area contributed by atoms with Gasteiger partial charge in [0, 0.05) is 17.7 Å². The van der Waals surface area contributed by atoms with Gasteiger partial charge in [0.2, 0.25) is 20.0 Å². The highest BCUT2D eigenvalue weighted by atomic mass is 32.2. The minimum Gasteiger partial charge on any atom is -0.284 e. The number of nitrogens with one attached hydrogen (secondary N) is 2. The molecular formula is C23H21F3N2O4S2. The molecule has 2 N–H and O–H groups in total. The van der Waals surface area contributed by atoms with Crippen LogP contribution in [0.1, 0.15) is 24.0 Å². The van der Waals surface area contributed by atoms with Crippen LogP contribution in [0.15, 0.2) is 54.6 Å². The Kier molecular flexibility index (Phi) is 6.34. The minimum atomic E-state index is -3.73. The molecule has 0 heterocycles. The molecule has 180 valence electrons. The molecular weight excluding hydrogens is 489 g/mol. The van der Waals surface area contributed by atoms with Gasteiger partial charge in [-0.1, -0.05) is 24.3 Å². The van der Waals surface area contributed by atoms with Gasteiger partial charge in [-0.3, -0.25) is 9.44 Å². The van der Waals surface area contributed by atoms with Crippen molar-refractivity contribution in [1.82, 2.24) is 0 Å². The van der Waals surface area contributed by atoms with Crippen molar-refractivity contribution < 1.29 is 30.0 Å². The first-order valence-electron chi connectivity index (χ1n) is 10.3. The summed E-state index contributed by atoms with van der Waals surface area (Å²) in [6.45, 7) is 0. The van der Waals surface area contributed by atoms with Gasteiger partial charge in [-0.2, -0.15) is 0 Å². The van der Waals surface area contributed by atoms with Gasteiger partial charge >= 0.3 is 0 Å². The van der Waals surface area contributed by atoms with Crippen LogP contribution in [0.2, 0.25) is 0 Å². The van der Waals surface area contributed by atoms with Crippen LogP contribution in [0.4, 0.5) is 24.5 Å². The van der Waals surface area contributed by atoms with Crippen molar-refractivity contribution in [1.29, 1.82) is 0 Å². The number of hydrogen-bond donors (Lipinski definition) is 2. The van der Waals surface area contributed by atoms with E-state index in [-0.39, 0.29) is 23.2 Å². The quantitative estimate of drug-likeness (QED) is 0.462. The molecule has 0 radical (unpaired) electrons. The number of halogens is 3. The van der Waals surface area contributed by atoms with Gasteiger partial charge in [0.25, 0.3) is 0 Å². The third kappa shape index (κ3) is 5.53. The summed E-state index contributed by atoms with van der Waals surface area (Å²) in [5.74, 6) is -3.09. The smallest absolute Gasteiger partial charge is 0.235 e. The molecule has 3 aromatic rings. The van der Waals surface area contributed by atoms with Gasteiger partial charge in [-0.25, -0.2) is 30.0 Å². The highest BCUT2D eigenvalue weighted by molar-refractivity contribution is 7.93. The van der Waals surface area contributed by atoms with Crippen molar-refractivity contribution in [3.05, 3.63) is 83.2 Å². The number of anilines is 2. The Morgan fingerprint density at radius 3 is 2.06 bits per heavy atom. The van der Waals surface area contributed by atoms with Crippen LogP contribution in [0.25, 0.3) is 11.1 Å². The van der Waals surface area contributed by atoms with E-state index in [4.69, 9.17) is 0 Å². The van der Waals surface area contributed by atoms with E-state index in [0.29, 0.717) is 29.7 Å². The predicted molar refractivity (Wildman–Crippen MR) is 125 cm³/mol. The minimum absolute atomic E-state index is 0.0514. The third-order valence-electron chi connectivity index (χ3n) is 5.35. The lowest BCUT2D eigenvalue weighted by Gasteiger charge is -2.15. The van der Waals surface area contributed by atoms with Crippen molar-refractivity contribution >= 4 is 31.4 Å². The molecule has 1 aliphatic carbocycles. The van der Waals surface area contributed by atoms with Crippen LogP contribution >= 0.6 is 0 Å². The first kappa shape index (κ1) is 24.1. The van der Waals surface area contributed by atoms with E-state index in [1.165, 1.54) is 24.3 Å². The number of benzene rings is 3. The topological polar surface area (TPSA) is 92.3 Å². The molecule has 0 saturated heterocycles. The molecule has 0 spiro atoms. The van der Waals surface area contributed by atoms with E-state index in [9.17, 15) is 30.0 Å². The molecule has 1 aliphatic rings. The molecule has 6 nitrogen and oxygen atoms in total. The molecule has 0 aromatic heterocycles. The standard InChI is InChI=1S/C23H21F3N2O4S2/c1-33(29,30)27-17-6-4-14(5-7-17)15-2-3-16(21(25)13-15)12-19-22(11-10-20(24)23(19)26)28-34(31,32)18-8-9-18/h2-7,10-11,13,18,27-28H,8-9,12H2,1H3. The van der Waals surface area contributed by atoms with E-state index in [1.54, 1.807) is 18.2 Å². The van der Waals surface area contributed by atoms with Crippen molar-refractivity contribution in [2.24, 2.45) is 0 Å². The first-order chi connectivity index (χ1) is 15.9. The largest absolute Gasteiger partial charge is 0.284 e. The van der Waals surface area contributed by atoms with E-state index in [0.717, 1.165) is 18.4 Å². The fraction of sp³-hybridized carbons (Fsp3) is 0.217. The monoisotopic (exact) mass is 510 g/mol. The molecule has 1 saturated carbocycles. The van der Waals surface area contributed by atoms with Gasteiger partial charge < -0.3 is 0 Å². The number of sulfonamides is 2. The van der Waals surface area contributed by atoms with Crippen LogP contribution in [0.3, 0.4) is 0 Å². The normalized spacial score (nSPS) is 14.1. The summed E-state index contributed by atoms with van der Waals surface area (Å²) in [5.41, 5.74) is 1.10. The molecule has 3 aromatic carbocycles. The number of hydrogen-bond acceptors (Lipinski definition) is 4. The van der Waals surface area contributed by atoms with Crippen molar-refractivity contribution in [3.63, 3.8) is 0 Å². The Bertz CT molecular complexity index is 1450. The maximum atomic E-state index is 14.9. The average molecular weight is 511 g/mol. The summed E-state index contributed by atoms with van der Waals surface area (Å²) in [6.07, 6.45) is 1.65. The Hall–Kier alpha value is -3.05. The van der Waals surface area contributed by atoms with Gasteiger partial charge in [0.05, 0.1) is 17.2 Å². The Morgan fingerprint density at radius 2 is 1.47 bits per heavy atom. The molecule has 0 amide bonds. The summed E-state index contributed by atoms with van der Waals surface area (Å²) < 4.78 is 95.3. The lowest BCUT2D eigenvalue weighted by molar-refractivity contribution is 0.500. The zero-order valence-corrected chi connectivity index (χ0v) is 19.6. The van der Waals surface area contributed by atoms with Crippen LogP contribution in [-0.2, 0) is 26.5 Å². The third-order valence-corrected chi connectivity index (χ3v) is 7.81. The maximum absolute atomic E-state index is 14.9. The highest BCUT2D eigenvalue weighted by Gasteiger charge is 2.36. The second kappa shape index (κ2) is 8.95. The maximum Gasteiger partial charge on any atom is 0.235 e. The molecule has 0 unspecified atom stereocenters. The predicted octanol–water partition coefficient (Wildman–Crippen LogP) is 4.64. The molecule has 0 atom stereocenters. The molecule has 0 aliphatic heterocycles. The van der Waals surface area contributed by atoms with Gasteiger partial charge in [0.15, 0.2) is 11.6 Å². The van der Waals surface area contributed by atoms with E-state index in [2.05, 4.69) is 9.44 Å². The second-order valence-electron chi connectivity index (χ2n) is 8.17. The Balaban J connectivity index is 1.60. The lowest BCUT2D eigenvalue weighted by atomic mass is 9.98. The second-order valence-corrected chi connectivity index (χ2v) is 11.9. The fourth-order valence-electron chi connectivity index (χ4n) is 3.48. The zero-order valence-electron chi connectivity index (χ0n) is 18.0. The van der Waals surface area contributed by atoms with Crippen molar-refractivity contribution in [2.45, 2.75) is 24.5 Å². The Morgan fingerprint density at radius 1 is 0.824 bits per heavy atom. The van der Waals surface area contributed by atoms with Gasteiger partial charge in [-0.05, 0) is 59.9 Å². The highest BCUT2D eigenvalue weighted by Crippen LogP contribution is 2.33. The summed E-state index contributed by atoms with van der Waals surface area (Å²) in [6, 6.07) is 12.5. The first-order valence-corrected chi connectivity index (χ1v) is 13.7. The summed E-state index contributed by atoms with van der Waals surface area (Å²) >= 11 is 0. The molecule has 0 bridgehead atoms. The van der Waals surface area contributed by atoms with E-state index < -0.39 is 42.7 Å². The van der Waals surface area contributed by atoms with Crippen LogP contribution in [0.5, 0.6) is 0 Å². The van der Waals surface area contributed by atoms with Gasteiger partial charge in [-0.15, -0.1) is 0 Å². The fourth-order valence-corrected chi connectivity index (χ4v) is 5.47.